The Labute approximate surface area is 144 Å². The third-order valence-corrected chi connectivity index (χ3v) is 6.38. The number of nitrogens with zero attached hydrogens (tertiary/aromatic N) is 1. The second-order valence-corrected chi connectivity index (χ2v) is 7.69. The van der Waals surface area contributed by atoms with Crippen molar-refractivity contribution in [3.8, 4) is 5.75 Å². The first-order chi connectivity index (χ1) is 11.8. The minimum Gasteiger partial charge on any atom is -0.496 e. The van der Waals surface area contributed by atoms with E-state index in [9.17, 15) is 4.79 Å². The quantitative estimate of drug-likeness (QED) is 0.924. The van der Waals surface area contributed by atoms with Crippen LogP contribution in [0.5, 0.6) is 5.75 Å². The second-order valence-electron chi connectivity index (χ2n) is 7.69. The van der Waals surface area contributed by atoms with Crippen molar-refractivity contribution in [3.05, 3.63) is 29.8 Å². The van der Waals surface area contributed by atoms with E-state index in [0.29, 0.717) is 11.8 Å². The molecular weight excluding hydrogens is 300 g/mol. The van der Waals surface area contributed by atoms with Gasteiger partial charge in [0.25, 0.3) is 0 Å². The number of hydrogen-bond donors (Lipinski definition) is 1. The van der Waals surface area contributed by atoms with E-state index in [2.05, 4.69) is 16.3 Å². The molecule has 1 aromatic rings. The van der Waals surface area contributed by atoms with E-state index in [1.807, 2.05) is 18.2 Å². The molecule has 4 heteroatoms. The van der Waals surface area contributed by atoms with Gasteiger partial charge in [-0.3, -0.25) is 4.79 Å². The van der Waals surface area contributed by atoms with Crippen LogP contribution in [-0.2, 0) is 4.79 Å². The highest BCUT2D eigenvalue weighted by Crippen LogP contribution is 2.49. The van der Waals surface area contributed by atoms with Crippen molar-refractivity contribution in [2.24, 2.45) is 17.8 Å². The fourth-order valence-corrected chi connectivity index (χ4v) is 5.19. The minimum atomic E-state index is 0.0843. The third kappa shape index (κ3) is 2.92. The molecule has 130 valence electrons. The first kappa shape index (κ1) is 15.9. The summed E-state index contributed by atoms with van der Waals surface area (Å²) in [6.07, 6.45) is 6.14. The average Bonchev–Trinajstić information content (AvgIpc) is 3.24. The summed E-state index contributed by atoms with van der Waals surface area (Å²) < 4.78 is 5.53. The van der Waals surface area contributed by atoms with Gasteiger partial charge < -0.3 is 15.0 Å². The van der Waals surface area contributed by atoms with Crippen molar-refractivity contribution >= 4 is 5.91 Å². The predicted octanol–water partition coefficient (Wildman–Crippen LogP) is 2.99. The van der Waals surface area contributed by atoms with Crippen LogP contribution < -0.4 is 10.1 Å². The van der Waals surface area contributed by atoms with Crippen LogP contribution in [0.2, 0.25) is 0 Å². The molecule has 2 saturated carbocycles. The zero-order valence-corrected chi connectivity index (χ0v) is 14.5. The SMILES string of the molecule is COc1ccccc1C1CNCCN1C(=O)CC1CC2CCC1C2. The second kappa shape index (κ2) is 6.75. The van der Waals surface area contributed by atoms with Crippen molar-refractivity contribution < 1.29 is 9.53 Å². The van der Waals surface area contributed by atoms with E-state index in [1.165, 1.54) is 25.7 Å². The Hall–Kier alpha value is -1.55. The van der Waals surface area contributed by atoms with Gasteiger partial charge in [0.05, 0.1) is 13.2 Å². The zero-order valence-electron chi connectivity index (χ0n) is 14.5. The Morgan fingerprint density at radius 2 is 2.17 bits per heavy atom. The highest BCUT2D eigenvalue weighted by atomic mass is 16.5. The van der Waals surface area contributed by atoms with Gasteiger partial charge in [0, 0.05) is 31.6 Å². The number of amides is 1. The molecule has 0 radical (unpaired) electrons. The van der Waals surface area contributed by atoms with Crippen LogP contribution in [0.4, 0.5) is 0 Å². The van der Waals surface area contributed by atoms with Gasteiger partial charge in [-0.05, 0) is 43.1 Å². The largest absolute Gasteiger partial charge is 0.496 e. The van der Waals surface area contributed by atoms with Gasteiger partial charge in [-0.2, -0.15) is 0 Å². The number of nitrogens with one attached hydrogen (secondary N) is 1. The third-order valence-electron chi connectivity index (χ3n) is 6.38. The number of rotatable bonds is 4. The molecule has 2 bridgehead atoms. The Kier molecular flexibility index (Phi) is 4.49. The number of benzene rings is 1. The number of para-hydroxylation sites is 1. The average molecular weight is 328 g/mol. The summed E-state index contributed by atoms with van der Waals surface area (Å²) >= 11 is 0. The van der Waals surface area contributed by atoms with E-state index in [1.54, 1.807) is 7.11 Å². The normalized spacial score (nSPS) is 32.1. The lowest BCUT2D eigenvalue weighted by atomic mass is 9.86. The van der Waals surface area contributed by atoms with Crippen LogP contribution >= 0.6 is 0 Å². The fourth-order valence-electron chi connectivity index (χ4n) is 5.19. The summed E-state index contributed by atoms with van der Waals surface area (Å²) in [5.74, 6) is 3.56. The first-order valence-corrected chi connectivity index (χ1v) is 9.39. The molecule has 1 N–H and O–H groups in total. The van der Waals surface area contributed by atoms with Crippen molar-refractivity contribution in [1.29, 1.82) is 0 Å². The molecule has 3 aliphatic rings. The number of carbonyl (C=O) groups is 1. The van der Waals surface area contributed by atoms with Gasteiger partial charge >= 0.3 is 0 Å². The molecule has 1 saturated heterocycles. The Balaban J connectivity index is 1.50. The zero-order chi connectivity index (χ0) is 16.5. The van der Waals surface area contributed by atoms with Crippen LogP contribution in [-0.4, -0.2) is 37.6 Å². The summed E-state index contributed by atoms with van der Waals surface area (Å²) in [7, 11) is 1.70. The summed E-state index contributed by atoms with van der Waals surface area (Å²) in [6.45, 7) is 2.49. The van der Waals surface area contributed by atoms with E-state index < -0.39 is 0 Å². The highest BCUT2D eigenvalue weighted by molar-refractivity contribution is 5.77. The summed E-state index contributed by atoms with van der Waals surface area (Å²) in [6, 6.07) is 8.18. The standard InChI is InChI=1S/C20H28N2O2/c1-24-19-5-3-2-4-17(19)18-13-21-8-9-22(18)20(23)12-16-11-14-6-7-15(16)10-14/h2-5,14-16,18,21H,6-13H2,1H3. The number of piperazine rings is 1. The molecule has 4 rings (SSSR count). The van der Waals surface area contributed by atoms with E-state index in [-0.39, 0.29) is 6.04 Å². The van der Waals surface area contributed by atoms with Gasteiger partial charge in [0.2, 0.25) is 5.91 Å². The van der Waals surface area contributed by atoms with Crippen LogP contribution in [0, 0.1) is 17.8 Å². The molecule has 4 atom stereocenters. The summed E-state index contributed by atoms with van der Waals surface area (Å²) in [5.41, 5.74) is 1.12. The maximum Gasteiger partial charge on any atom is 0.223 e. The van der Waals surface area contributed by atoms with Gasteiger partial charge in [-0.1, -0.05) is 24.6 Å². The molecule has 1 heterocycles. The minimum absolute atomic E-state index is 0.0843. The lowest BCUT2D eigenvalue weighted by molar-refractivity contribution is -0.136. The molecule has 1 aromatic carbocycles. The summed E-state index contributed by atoms with van der Waals surface area (Å²) in [4.78, 5) is 15.2. The van der Waals surface area contributed by atoms with Gasteiger partial charge in [0.15, 0.2) is 0 Å². The molecule has 4 unspecified atom stereocenters. The maximum absolute atomic E-state index is 13.1. The van der Waals surface area contributed by atoms with Gasteiger partial charge in [-0.15, -0.1) is 0 Å². The topological polar surface area (TPSA) is 41.6 Å². The Morgan fingerprint density at radius 1 is 1.29 bits per heavy atom. The maximum atomic E-state index is 13.1. The van der Waals surface area contributed by atoms with Crippen LogP contribution in [0.15, 0.2) is 24.3 Å². The number of ether oxygens (including phenoxy) is 1. The lowest BCUT2D eigenvalue weighted by Crippen LogP contribution is -2.49. The van der Waals surface area contributed by atoms with Crippen molar-refractivity contribution in [3.63, 3.8) is 0 Å². The highest BCUT2D eigenvalue weighted by Gasteiger charge is 2.41. The fraction of sp³-hybridized carbons (Fsp3) is 0.650. The van der Waals surface area contributed by atoms with Gasteiger partial charge in [-0.25, -0.2) is 0 Å². The molecule has 2 aliphatic carbocycles. The molecule has 0 aromatic heterocycles. The number of carbonyl (C=O) groups excluding carboxylic acids is 1. The number of fused-ring (bicyclic) bond motifs is 2. The van der Waals surface area contributed by atoms with Crippen molar-refractivity contribution in [2.75, 3.05) is 26.7 Å². The summed E-state index contributed by atoms with van der Waals surface area (Å²) in [5, 5.41) is 3.44. The van der Waals surface area contributed by atoms with Gasteiger partial charge in [0.1, 0.15) is 5.75 Å². The van der Waals surface area contributed by atoms with Crippen LogP contribution in [0.3, 0.4) is 0 Å². The number of methoxy groups -OCH3 is 1. The number of hydrogen-bond acceptors (Lipinski definition) is 3. The molecule has 0 spiro atoms. The molecule has 1 amide bonds. The first-order valence-electron chi connectivity index (χ1n) is 9.39. The van der Waals surface area contributed by atoms with Crippen molar-refractivity contribution in [1.82, 2.24) is 10.2 Å². The van der Waals surface area contributed by atoms with Crippen molar-refractivity contribution in [2.45, 2.75) is 38.1 Å². The van der Waals surface area contributed by atoms with E-state index in [4.69, 9.17) is 4.74 Å². The molecule has 4 nitrogen and oxygen atoms in total. The van der Waals surface area contributed by atoms with E-state index >= 15 is 0 Å². The van der Waals surface area contributed by atoms with Crippen LogP contribution in [0.1, 0.15) is 43.7 Å². The molecule has 24 heavy (non-hydrogen) atoms. The Morgan fingerprint density at radius 3 is 2.92 bits per heavy atom. The smallest absolute Gasteiger partial charge is 0.223 e. The van der Waals surface area contributed by atoms with E-state index in [0.717, 1.165) is 49.2 Å². The Bertz CT molecular complexity index is 603. The molecule has 3 fully saturated rings. The van der Waals surface area contributed by atoms with Crippen LogP contribution in [0.25, 0.3) is 0 Å². The lowest BCUT2D eigenvalue weighted by Gasteiger charge is -2.38. The molecular formula is C20H28N2O2. The monoisotopic (exact) mass is 328 g/mol. The predicted molar refractivity (Wildman–Crippen MR) is 93.9 cm³/mol. The molecule has 1 aliphatic heterocycles.